The highest BCUT2D eigenvalue weighted by Gasteiger charge is 2.20. The van der Waals surface area contributed by atoms with E-state index in [0.29, 0.717) is 11.4 Å². The smallest absolute Gasteiger partial charge is 0.261 e. The highest BCUT2D eigenvalue weighted by molar-refractivity contribution is 9.10. The highest BCUT2D eigenvalue weighted by Crippen LogP contribution is 2.21. The molecule has 0 unspecified atom stereocenters. The topological polar surface area (TPSA) is 63.9 Å². The van der Waals surface area contributed by atoms with Gasteiger partial charge >= 0.3 is 0 Å². The third-order valence-corrected chi connectivity index (χ3v) is 4.23. The summed E-state index contributed by atoms with van der Waals surface area (Å²) in [6, 6.07) is 5.60. The van der Waals surface area contributed by atoms with Gasteiger partial charge in [0.25, 0.3) is 5.91 Å². The zero-order chi connectivity index (χ0) is 17.3. The van der Waals surface area contributed by atoms with E-state index in [1.807, 2.05) is 26.0 Å². The summed E-state index contributed by atoms with van der Waals surface area (Å²) in [6.45, 7) is 3.82. The van der Waals surface area contributed by atoms with E-state index in [4.69, 9.17) is 0 Å². The molecule has 3 rings (SSSR count). The number of hydrogen-bond donors (Lipinski definition) is 0. The molecule has 0 bridgehead atoms. The molecule has 1 amide bonds. The molecule has 0 radical (unpaired) electrons. The number of hydrogen-bond acceptors (Lipinski definition) is 4. The summed E-state index contributed by atoms with van der Waals surface area (Å²) < 4.78 is 2.59. The lowest BCUT2D eigenvalue weighted by Gasteiger charge is -2.16. The first-order chi connectivity index (χ1) is 11.5. The Kier molecular flexibility index (Phi) is 4.44. The predicted molar refractivity (Wildman–Crippen MR) is 95.5 cm³/mol. The molecule has 0 N–H and O–H groups in total. The summed E-state index contributed by atoms with van der Waals surface area (Å²) in [5.41, 5.74) is 2.97. The van der Waals surface area contributed by atoms with Crippen LogP contribution in [-0.2, 0) is 0 Å². The van der Waals surface area contributed by atoms with Crippen molar-refractivity contribution in [1.82, 2.24) is 19.7 Å². The van der Waals surface area contributed by atoms with Crippen molar-refractivity contribution in [2.75, 3.05) is 11.9 Å². The summed E-state index contributed by atoms with van der Waals surface area (Å²) in [4.78, 5) is 22.8. The Bertz CT molecular complexity index is 891. The average Bonchev–Trinajstić information content (AvgIpc) is 2.96. The van der Waals surface area contributed by atoms with E-state index < -0.39 is 0 Å². The molecule has 122 valence electrons. The maximum absolute atomic E-state index is 12.8. The van der Waals surface area contributed by atoms with E-state index in [0.717, 1.165) is 21.4 Å². The molecule has 0 aliphatic rings. The van der Waals surface area contributed by atoms with Crippen LogP contribution in [0.25, 0.3) is 5.82 Å². The Labute approximate surface area is 148 Å². The van der Waals surface area contributed by atoms with Crippen LogP contribution in [0.4, 0.5) is 5.69 Å². The van der Waals surface area contributed by atoms with Gasteiger partial charge in [-0.3, -0.25) is 9.78 Å². The number of aryl methyl sites for hydroxylation is 1. The Morgan fingerprint density at radius 1 is 1.25 bits per heavy atom. The van der Waals surface area contributed by atoms with Crippen molar-refractivity contribution in [3.63, 3.8) is 0 Å². The molecule has 0 fully saturated rings. The van der Waals surface area contributed by atoms with E-state index in [9.17, 15) is 4.79 Å². The zero-order valence-electron chi connectivity index (χ0n) is 13.6. The Hall–Kier alpha value is -2.54. The van der Waals surface area contributed by atoms with Gasteiger partial charge in [-0.2, -0.15) is 5.10 Å². The molecular weight excluding hydrogens is 370 g/mol. The number of carbonyl (C=O) groups excluding carboxylic acids is 1. The zero-order valence-corrected chi connectivity index (χ0v) is 15.1. The van der Waals surface area contributed by atoms with Crippen molar-refractivity contribution in [3.8, 4) is 5.82 Å². The number of rotatable bonds is 3. The Morgan fingerprint density at radius 2 is 2.04 bits per heavy atom. The van der Waals surface area contributed by atoms with Crippen molar-refractivity contribution in [2.24, 2.45) is 0 Å². The molecule has 0 aliphatic carbocycles. The third-order valence-electron chi connectivity index (χ3n) is 3.80. The fourth-order valence-electron chi connectivity index (χ4n) is 2.44. The number of aromatic nitrogens is 4. The Balaban J connectivity index is 1.96. The molecule has 3 aromatic heterocycles. The number of amides is 1. The van der Waals surface area contributed by atoms with Crippen LogP contribution in [0.3, 0.4) is 0 Å². The standard InChI is InChI=1S/C17H16BrN5O/c1-11-7-13(18)8-20-16(11)23-12(2)15(10-21-23)17(24)22(3)14-5-4-6-19-9-14/h4-10H,1-3H3. The largest absolute Gasteiger partial charge is 0.310 e. The van der Waals surface area contributed by atoms with Crippen molar-refractivity contribution in [1.29, 1.82) is 0 Å². The molecule has 0 saturated carbocycles. The average molecular weight is 386 g/mol. The molecule has 7 heteroatoms. The van der Waals surface area contributed by atoms with Gasteiger partial charge in [-0.1, -0.05) is 0 Å². The lowest BCUT2D eigenvalue weighted by molar-refractivity contribution is 0.0992. The molecule has 0 aliphatic heterocycles. The van der Waals surface area contributed by atoms with Crippen LogP contribution in [0.5, 0.6) is 0 Å². The first-order valence-electron chi connectivity index (χ1n) is 7.34. The first-order valence-corrected chi connectivity index (χ1v) is 8.13. The predicted octanol–water partition coefficient (Wildman–Crippen LogP) is 3.32. The maximum atomic E-state index is 12.8. The lowest BCUT2D eigenvalue weighted by atomic mass is 10.2. The van der Waals surface area contributed by atoms with Gasteiger partial charge in [0.05, 0.1) is 29.3 Å². The van der Waals surface area contributed by atoms with Gasteiger partial charge in [-0.25, -0.2) is 9.67 Å². The number of pyridine rings is 2. The molecule has 24 heavy (non-hydrogen) atoms. The molecule has 6 nitrogen and oxygen atoms in total. The van der Waals surface area contributed by atoms with Gasteiger partial charge in [0.1, 0.15) is 0 Å². The number of anilines is 1. The normalized spacial score (nSPS) is 10.7. The van der Waals surface area contributed by atoms with E-state index >= 15 is 0 Å². The highest BCUT2D eigenvalue weighted by atomic mass is 79.9. The second-order valence-corrected chi connectivity index (χ2v) is 6.34. The van der Waals surface area contributed by atoms with Gasteiger partial charge in [0.2, 0.25) is 0 Å². The monoisotopic (exact) mass is 385 g/mol. The minimum Gasteiger partial charge on any atom is -0.310 e. The summed E-state index contributed by atoms with van der Waals surface area (Å²) in [5.74, 6) is 0.570. The van der Waals surface area contributed by atoms with Crippen LogP contribution in [0.15, 0.2) is 47.5 Å². The van der Waals surface area contributed by atoms with Crippen LogP contribution >= 0.6 is 15.9 Å². The molecule has 0 atom stereocenters. The number of carbonyl (C=O) groups is 1. The maximum Gasteiger partial charge on any atom is 0.261 e. The van der Waals surface area contributed by atoms with Gasteiger partial charge in [0.15, 0.2) is 5.82 Å². The van der Waals surface area contributed by atoms with E-state index in [-0.39, 0.29) is 5.91 Å². The lowest BCUT2D eigenvalue weighted by Crippen LogP contribution is -2.26. The van der Waals surface area contributed by atoms with Crippen LogP contribution < -0.4 is 4.90 Å². The van der Waals surface area contributed by atoms with Crippen molar-refractivity contribution in [3.05, 3.63) is 64.3 Å². The molecule has 3 heterocycles. The molecule has 3 aromatic rings. The Morgan fingerprint density at radius 3 is 2.71 bits per heavy atom. The first kappa shape index (κ1) is 16.3. The second-order valence-electron chi connectivity index (χ2n) is 5.42. The number of nitrogens with zero attached hydrogens (tertiary/aromatic N) is 5. The van der Waals surface area contributed by atoms with E-state index in [1.54, 1.807) is 47.5 Å². The fraction of sp³-hybridized carbons (Fsp3) is 0.176. The van der Waals surface area contributed by atoms with Crippen LogP contribution in [0.2, 0.25) is 0 Å². The summed E-state index contributed by atoms with van der Waals surface area (Å²) in [5, 5.41) is 4.35. The second kappa shape index (κ2) is 6.52. The van der Waals surface area contributed by atoms with Gasteiger partial charge in [-0.05, 0) is 53.5 Å². The van der Waals surface area contributed by atoms with Gasteiger partial charge < -0.3 is 4.90 Å². The van der Waals surface area contributed by atoms with Crippen molar-refractivity contribution >= 4 is 27.5 Å². The fourth-order valence-corrected chi connectivity index (χ4v) is 2.88. The molecular formula is C17H16BrN5O. The van der Waals surface area contributed by atoms with Crippen LogP contribution in [0, 0.1) is 13.8 Å². The molecule has 0 aromatic carbocycles. The van der Waals surface area contributed by atoms with Gasteiger partial charge in [-0.15, -0.1) is 0 Å². The quantitative estimate of drug-likeness (QED) is 0.693. The SMILES string of the molecule is Cc1cc(Br)cnc1-n1ncc(C(=O)N(C)c2cccnc2)c1C. The minimum atomic E-state index is -0.137. The van der Waals surface area contributed by atoms with E-state index in [1.165, 1.54) is 0 Å². The number of halogens is 1. The summed E-state index contributed by atoms with van der Waals surface area (Å²) in [7, 11) is 1.72. The van der Waals surface area contributed by atoms with Crippen molar-refractivity contribution in [2.45, 2.75) is 13.8 Å². The third kappa shape index (κ3) is 2.94. The van der Waals surface area contributed by atoms with Crippen LogP contribution in [0.1, 0.15) is 21.6 Å². The summed E-state index contributed by atoms with van der Waals surface area (Å²) in [6.07, 6.45) is 6.62. The van der Waals surface area contributed by atoms with Gasteiger partial charge in [0, 0.05) is 23.9 Å². The minimum absolute atomic E-state index is 0.137. The van der Waals surface area contributed by atoms with Crippen LogP contribution in [-0.4, -0.2) is 32.7 Å². The molecule has 0 spiro atoms. The van der Waals surface area contributed by atoms with E-state index in [2.05, 4.69) is 31.0 Å². The molecule has 0 saturated heterocycles. The van der Waals surface area contributed by atoms with Crippen molar-refractivity contribution < 1.29 is 4.79 Å². The summed E-state index contributed by atoms with van der Waals surface area (Å²) >= 11 is 3.40.